The number of aryl methyl sites for hydroxylation is 1. The third-order valence-electron chi connectivity index (χ3n) is 7.64. The lowest BCUT2D eigenvalue weighted by Gasteiger charge is -2.11. The fourth-order valence-electron chi connectivity index (χ4n) is 5.75. The molecule has 5 nitrogen and oxygen atoms in total. The van der Waals surface area contributed by atoms with Gasteiger partial charge in [0.1, 0.15) is 11.5 Å². The van der Waals surface area contributed by atoms with E-state index in [9.17, 15) is 0 Å². The highest BCUT2D eigenvalue weighted by atomic mass is 16.3. The molecule has 0 fully saturated rings. The Hall–Kier alpha value is -5.42. The summed E-state index contributed by atoms with van der Waals surface area (Å²) in [5.41, 5.74) is 9.34. The fraction of sp³-hybridized carbons (Fsp3) is 0.0286. The molecule has 4 aromatic carbocycles. The maximum absolute atomic E-state index is 5.59. The first-order chi connectivity index (χ1) is 19.7. The van der Waals surface area contributed by atoms with E-state index in [0.29, 0.717) is 0 Å². The van der Waals surface area contributed by atoms with Gasteiger partial charge in [-0.05, 0) is 60.7 Å². The molecule has 0 spiro atoms. The SMILES string of the molecule is Cn1c(-c2ccc3c4ccccc4n(-c4cccc(-c5cccc(-c6ccco6)n5)c4)c3c2)nc2ccccc21. The molecule has 4 heterocycles. The number of fused-ring (bicyclic) bond motifs is 4. The predicted molar refractivity (Wildman–Crippen MR) is 161 cm³/mol. The van der Waals surface area contributed by atoms with Gasteiger partial charge >= 0.3 is 0 Å². The molecule has 0 aliphatic rings. The molecule has 4 aromatic heterocycles. The molecule has 0 bridgehead atoms. The molecule has 8 rings (SSSR count). The van der Waals surface area contributed by atoms with Crippen LogP contribution in [0, 0.1) is 0 Å². The number of pyridine rings is 1. The molecule has 40 heavy (non-hydrogen) atoms. The molecule has 0 aliphatic carbocycles. The Morgan fingerprint density at radius 1 is 0.575 bits per heavy atom. The van der Waals surface area contributed by atoms with Gasteiger partial charge in [0.25, 0.3) is 0 Å². The number of rotatable bonds is 4. The van der Waals surface area contributed by atoms with Gasteiger partial charge in [-0.15, -0.1) is 0 Å². The van der Waals surface area contributed by atoms with Crippen molar-refractivity contribution in [3.05, 3.63) is 128 Å². The Kier molecular flexibility index (Phi) is 4.97. The molecule has 0 unspecified atom stereocenters. The van der Waals surface area contributed by atoms with E-state index in [1.807, 2.05) is 36.4 Å². The number of hydrogen-bond acceptors (Lipinski definition) is 3. The number of aromatic nitrogens is 4. The summed E-state index contributed by atoms with van der Waals surface area (Å²) in [4.78, 5) is 9.87. The van der Waals surface area contributed by atoms with Crippen molar-refractivity contribution in [2.24, 2.45) is 7.05 Å². The van der Waals surface area contributed by atoms with Crippen LogP contribution in [-0.4, -0.2) is 19.1 Å². The zero-order valence-electron chi connectivity index (χ0n) is 21.8. The van der Waals surface area contributed by atoms with Gasteiger partial charge in [0.2, 0.25) is 0 Å². The van der Waals surface area contributed by atoms with Crippen LogP contribution in [0.1, 0.15) is 0 Å². The molecular formula is C35H24N4O. The lowest BCUT2D eigenvalue weighted by molar-refractivity contribution is 0.580. The van der Waals surface area contributed by atoms with Crippen molar-refractivity contribution in [3.8, 4) is 39.8 Å². The molecule has 5 heteroatoms. The topological polar surface area (TPSA) is 48.8 Å². The lowest BCUT2D eigenvalue weighted by Crippen LogP contribution is -1.96. The number of benzene rings is 4. The number of para-hydroxylation sites is 3. The summed E-state index contributed by atoms with van der Waals surface area (Å²) < 4.78 is 10.1. The van der Waals surface area contributed by atoms with Crippen molar-refractivity contribution < 1.29 is 4.42 Å². The van der Waals surface area contributed by atoms with Crippen LogP contribution in [0.4, 0.5) is 0 Å². The molecule has 0 saturated carbocycles. The minimum atomic E-state index is 0.759. The molecule has 0 radical (unpaired) electrons. The molecule has 0 amide bonds. The Bertz CT molecular complexity index is 2180. The maximum Gasteiger partial charge on any atom is 0.152 e. The number of imidazole rings is 1. The van der Waals surface area contributed by atoms with E-state index in [1.54, 1.807) is 6.26 Å². The van der Waals surface area contributed by atoms with E-state index in [1.165, 1.54) is 10.8 Å². The molecule has 0 aliphatic heterocycles. The summed E-state index contributed by atoms with van der Waals surface area (Å²) in [6, 6.07) is 42.0. The summed E-state index contributed by atoms with van der Waals surface area (Å²) in [5.74, 6) is 1.71. The Labute approximate surface area is 230 Å². The number of nitrogens with zero attached hydrogens (tertiary/aromatic N) is 4. The third-order valence-corrected chi connectivity index (χ3v) is 7.64. The molecular weight excluding hydrogens is 492 g/mol. The highest BCUT2D eigenvalue weighted by Gasteiger charge is 2.16. The third kappa shape index (κ3) is 3.48. The van der Waals surface area contributed by atoms with Gasteiger partial charge in [0.05, 0.1) is 34.0 Å². The van der Waals surface area contributed by atoms with Crippen molar-refractivity contribution >= 4 is 32.8 Å². The summed E-state index contributed by atoms with van der Waals surface area (Å²) in [7, 11) is 2.08. The smallest absolute Gasteiger partial charge is 0.152 e. The van der Waals surface area contributed by atoms with Crippen LogP contribution in [0.15, 0.2) is 132 Å². The Morgan fingerprint density at radius 2 is 1.38 bits per heavy atom. The Morgan fingerprint density at radius 3 is 2.25 bits per heavy atom. The normalized spacial score (nSPS) is 11.6. The van der Waals surface area contributed by atoms with Crippen LogP contribution in [0.5, 0.6) is 0 Å². The number of furan rings is 1. The highest BCUT2D eigenvalue weighted by Crippen LogP contribution is 2.36. The summed E-state index contributed by atoms with van der Waals surface area (Å²) in [5, 5.41) is 2.43. The summed E-state index contributed by atoms with van der Waals surface area (Å²) in [6.07, 6.45) is 1.68. The van der Waals surface area contributed by atoms with Crippen LogP contribution >= 0.6 is 0 Å². The van der Waals surface area contributed by atoms with E-state index in [0.717, 1.165) is 61.9 Å². The van der Waals surface area contributed by atoms with Crippen LogP contribution in [0.3, 0.4) is 0 Å². The second-order valence-corrected chi connectivity index (χ2v) is 10.0. The predicted octanol–water partition coefficient (Wildman–Crippen LogP) is 8.66. The van der Waals surface area contributed by atoms with Gasteiger partial charge in [-0.25, -0.2) is 9.97 Å². The summed E-state index contributed by atoms with van der Waals surface area (Å²) >= 11 is 0. The summed E-state index contributed by atoms with van der Waals surface area (Å²) in [6.45, 7) is 0. The van der Waals surface area contributed by atoms with Crippen LogP contribution in [-0.2, 0) is 7.05 Å². The molecule has 0 N–H and O–H groups in total. The first-order valence-electron chi connectivity index (χ1n) is 13.3. The standard InChI is InChI=1S/C35H24N4O/c1-38-32-16-5-3-12-29(32)37-35(38)24-18-19-27-26-11-2-4-15-31(26)39(33(27)22-24)25-10-6-9-23(21-25)28-13-7-14-30(36-28)34-17-8-20-40-34/h2-22H,1H3. The average Bonchev–Trinajstić information content (AvgIpc) is 3.74. The van der Waals surface area contributed by atoms with Crippen molar-refractivity contribution in [1.29, 1.82) is 0 Å². The maximum atomic E-state index is 5.59. The molecule has 0 saturated heterocycles. The van der Waals surface area contributed by atoms with Gasteiger partial charge in [-0.2, -0.15) is 0 Å². The first-order valence-corrected chi connectivity index (χ1v) is 13.3. The largest absolute Gasteiger partial charge is 0.463 e. The monoisotopic (exact) mass is 516 g/mol. The van der Waals surface area contributed by atoms with Gasteiger partial charge in [0.15, 0.2) is 5.76 Å². The first kappa shape index (κ1) is 22.6. The average molecular weight is 517 g/mol. The lowest BCUT2D eigenvalue weighted by atomic mass is 10.1. The van der Waals surface area contributed by atoms with Gasteiger partial charge < -0.3 is 13.6 Å². The second kappa shape index (κ2) is 8.82. The van der Waals surface area contributed by atoms with Gasteiger partial charge in [0, 0.05) is 34.6 Å². The number of hydrogen-bond donors (Lipinski definition) is 0. The van der Waals surface area contributed by atoms with Crippen LogP contribution < -0.4 is 0 Å². The molecule has 190 valence electrons. The molecule has 8 aromatic rings. The van der Waals surface area contributed by atoms with Crippen molar-refractivity contribution in [2.45, 2.75) is 0 Å². The second-order valence-electron chi connectivity index (χ2n) is 10.0. The zero-order valence-corrected chi connectivity index (χ0v) is 21.8. The van der Waals surface area contributed by atoms with Crippen molar-refractivity contribution in [1.82, 2.24) is 19.1 Å². The highest BCUT2D eigenvalue weighted by molar-refractivity contribution is 6.10. The van der Waals surface area contributed by atoms with Gasteiger partial charge in [-0.1, -0.05) is 60.7 Å². The minimum absolute atomic E-state index is 0.759. The van der Waals surface area contributed by atoms with E-state index in [-0.39, 0.29) is 0 Å². The van der Waals surface area contributed by atoms with Crippen LogP contribution in [0.25, 0.3) is 72.6 Å². The molecule has 0 atom stereocenters. The van der Waals surface area contributed by atoms with Gasteiger partial charge in [-0.3, -0.25) is 0 Å². The van der Waals surface area contributed by atoms with E-state index in [2.05, 4.69) is 101 Å². The van der Waals surface area contributed by atoms with E-state index >= 15 is 0 Å². The van der Waals surface area contributed by atoms with E-state index in [4.69, 9.17) is 14.4 Å². The minimum Gasteiger partial charge on any atom is -0.463 e. The fourth-order valence-corrected chi connectivity index (χ4v) is 5.75. The van der Waals surface area contributed by atoms with Crippen molar-refractivity contribution in [3.63, 3.8) is 0 Å². The zero-order chi connectivity index (χ0) is 26.6. The quantitative estimate of drug-likeness (QED) is 0.235. The Balaban J connectivity index is 1.32. The van der Waals surface area contributed by atoms with Crippen LogP contribution in [0.2, 0.25) is 0 Å². The van der Waals surface area contributed by atoms with Crippen molar-refractivity contribution in [2.75, 3.05) is 0 Å². The van der Waals surface area contributed by atoms with E-state index < -0.39 is 0 Å².